The van der Waals surface area contributed by atoms with Crippen molar-refractivity contribution in [1.29, 1.82) is 0 Å². The van der Waals surface area contributed by atoms with Crippen LogP contribution in [0.2, 0.25) is 0 Å². The van der Waals surface area contributed by atoms with E-state index in [9.17, 15) is 9.18 Å². The van der Waals surface area contributed by atoms with E-state index in [2.05, 4.69) is 5.16 Å². The van der Waals surface area contributed by atoms with Crippen LogP contribution in [0.3, 0.4) is 0 Å². The van der Waals surface area contributed by atoms with Gasteiger partial charge in [-0.05, 0) is 42.0 Å². The molecule has 0 saturated carbocycles. The molecule has 0 aliphatic heterocycles. The Kier molecular flexibility index (Phi) is 5.09. The monoisotopic (exact) mass is 341 g/mol. The molecule has 128 valence electrons. The molecule has 0 unspecified atom stereocenters. The highest BCUT2D eigenvalue weighted by molar-refractivity contribution is 5.72. The predicted octanol–water partition coefficient (Wildman–Crippen LogP) is 3.78. The van der Waals surface area contributed by atoms with Crippen LogP contribution in [0.4, 0.5) is 4.39 Å². The first kappa shape index (κ1) is 16.7. The Hall–Kier alpha value is -3.15. The van der Waals surface area contributed by atoms with E-state index >= 15 is 0 Å². The van der Waals surface area contributed by atoms with Crippen LogP contribution in [0, 0.1) is 5.82 Å². The van der Waals surface area contributed by atoms with Gasteiger partial charge < -0.3 is 14.0 Å². The second-order valence-corrected chi connectivity index (χ2v) is 5.37. The van der Waals surface area contributed by atoms with Gasteiger partial charge in [0.2, 0.25) is 0 Å². The third kappa shape index (κ3) is 4.44. The van der Waals surface area contributed by atoms with Gasteiger partial charge >= 0.3 is 5.97 Å². The number of benzene rings is 2. The zero-order valence-electron chi connectivity index (χ0n) is 13.6. The fraction of sp³-hybridized carbons (Fsp3) is 0.158. The first-order valence-electron chi connectivity index (χ1n) is 7.64. The summed E-state index contributed by atoms with van der Waals surface area (Å²) >= 11 is 0. The Bertz CT molecular complexity index is 841. The number of nitrogens with zero attached hydrogens (tertiary/aromatic N) is 1. The number of aromatic nitrogens is 1. The molecule has 0 fully saturated rings. The van der Waals surface area contributed by atoms with E-state index < -0.39 is 5.97 Å². The molecule has 0 spiro atoms. The number of esters is 1. The Morgan fingerprint density at radius 3 is 2.52 bits per heavy atom. The van der Waals surface area contributed by atoms with Gasteiger partial charge in [-0.15, -0.1) is 0 Å². The molecule has 0 atom stereocenters. The molecule has 0 aliphatic rings. The van der Waals surface area contributed by atoms with Crippen molar-refractivity contribution in [3.8, 4) is 17.1 Å². The number of carbonyl (C=O) groups is 1. The number of methoxy groups -OCH3 is 1. The SMILES string of the molecule is COc1ccc(-c2cc(COC(=O)Cc3ccc(F)cc3)no2)cc1. The quantitative estimate of drug-likeness (QED) is 0.639. The summed E-state index contributed by atoms with van der Waals surface area (Å²) < 4.78 is 28.4. The molecule has 0 bridgehead atoms. The maximum atomic E-state index is 12.8. The van der Waals surface area contributed by atoms with E-state index in [0.717, 1.165) is 11.3 Å². The summed E-state index contributed by atoms with van der Waals surface area (Å²) in [5, 5.41) is 3.89. The van der Waals surface area contributed by atoms with Crippen molar-refractivity contribution in [2.24, 2.45) is 0 Å². The maximum Gasteiger partial charge on any atom is 0.310 e. The van der Waals surface area contributed by atoms with Gasteiger partial charge in [-0.1, -0.05) is 17.3 Å². The third-order valence-electron chi connectivity index (χ3n) is 3.58. The Balaban J connectivity index is 1.55. The second-order valence-electron chi connectivity index (χ2n) is 5.37. The fourth-order valence-corrected chi connectivity index (χ4v) is 2.25. The first-order valence-corrected chi connectivity index (χ1v) is 7.64. The molecule has 0 saturated heterocycles. The Labute approximate surface area is 144 Å². The molecule has 5 nitrogen and oxygen atoms in total. The van der Waals surface area contributed by atoms with Gasteiger partial charge in [0.15, 0.2) is 5.76 Å². The summed E-state index contributed by atoms with van der Waals surface area (Å²) in [6.07, 6.45) is 0.0729. The first-order chi connectivity index (χ1) is 12.1. The van der Waals surface area contributed by atoms with Gasteiger partial charge in [0.05, 0.1) is 13.5 Å². The lowest BCUT2D eigenvalue weighted by Gasteiger charge is -2.02. The number of hydrogen-bond donors (Lipinski definition) is 0. The van der Waals surface area contributed by atoms with Crippen LogP contribution in [0.25, 0.3) is 11.3 Å². The lowest BCUT2D eigenvalue weighted by molar-refractivity contribution is -0.144. The van der Waals surface area contributed by atoms with Gasteiger partial charge in [-0.3, -0.25) is 4.79 Å². The van der Waals surface area contributed by atoms with E-state index in [4.69, 9.17) is 14.0 Å². The minimum absolute atomic E-state index is 0.0136. The molecule has 0 aliphatic carbocycles. The second kappa shape index (κ2) is 7.61. The fourth-order valence-electron chi connectivity index (χ4n) is 2.25. The largest absolute Gasteiger partial charge is 0.497 e. The molecular weight excluding hydrogens is 325 g/mol. The van der Waals surface area contributed by atoms with Crippen molar-refractivity contribution < 1.29 is 23.2 Å². The minimum Gasteiger partial charge on any atom is -0.497 e. The predicted molar refractivity (Wildman–Crippen MR) is 88.4 cm³/mol. The van der Waals surface area contributed by atoms with Crippen molar-refractivity contribution in [2.45, 2.75) is 13.0 Å². The average molecular weight is 341 g/mol. The van der Waals surface area contributed by atoms with Crippen molar-refractivity contribution in [2.75, 3.05) is 7.11 Å². The summed E-state index contributed by atoms with van der Waals surface area (Å²) in [7, 11) is 1.60. The zero-order chi connectivity index (χ0) is 17.6. The van der Waals surface area contributed by atoms with Crippen LogP contribution < -0.4 is 4.74 Å². The van der Waals surface area contributed by atoms with E-state index in [1.807, 2.05) is 24.3 Å². The molecule has 6 heteroatoms. The number of halogens is 1. The van der Waals surface area contributed by atoms with Gasteiger partial charge in [-0.2, -0.15) is 0 Å². The van der Waals surface area contributed by atoms with Gasteiger partial charge in [-0.25, -0.2) is 4.39 Å². The van der Waals surface area contributed by atoms with E-state index in [0.29, 0.717) is 17.0 Å². The highest BCUT2D eigenvalue weighted by Crippen LogP contribution is 2.23. The topological polar surface area (TPSA) is 61.6 Å². The van der Waals surface area contributed by atoms with Crippen LogP contribution >= 0.6 is 0 Å². The summed E-state index contributed by atoms with van der Waals surface area (Å²) in [6.45, 7) is 0.0136. The highest BCUT2D eigenvalue weighted by Gasteiger charge is 2.10. The minimum atomic E-state index is -0.416. The Morgan fingerprint density at radius 1 is 1.12 bits per heavy atom. The van der Waals surface area contributed by atoms with Crippen LogP contribution in [0.15, 0.2) is 59.1 Å². The lowest BCUT2D eigenvalue weighted by atomic mass is 10.1. The van der Waals surface area contributed by atoms with Crippen molar-refractivity contribution in [1.82, 2.24) is 5.16 Å². The standard InChI is InChI=1S/C19H16FNO4/c1-23-17-8-4-14(5-9-17)18-11-16(21-25-18)12-24-19(22)10-13-2-6-15(20)7-3-13/h2-9,11H,10,12H2,1H3. The molecule has 1 heterocycles. The third-order valence-corrected chi connectivity index (χ3v) is 3.58. The van der Waals surface area contributed by atoms with Gasteiger partial charge in [0.1, 0.15) is 23.9 Å². The van der Waals surface area contributed by atoms with E-state index in [-0.39, 0.29) is 18.8 Å². The highest BCUT2D eigenvalue weighted by atomic mass is 19.1. The molecule has 25 heavy (non-hydrogen) atoms. The maximum absolute atomic E-state index is 12.8. The van der Waals surface area contributed by atoms with Crippen LogP contribution in [-0.2, 0) is 22.6 Å². The van der Waals surface area contributed by atoms with Crippen molar-refractivity contribution in [3.05, 3.63) is 71.7 Å². The summed E-state index contributed by atoms with van der Waals surface area (Å²) in [6, 6.07) is 14.8. The molecule has 2 aromatic carbocycles. The van der Waals surface area contributed by atoms with E-state index in [1.54, 1.807) is 25.3 Å². The number of hydrogen-bond acceptors (Lipinski definition) is 5. The number of carbonyl (C=O) groups excluding carboxylic acids is 1. The van der Waals surface area contributed by atoms with E-state index in [1.165, 1.54) is 12.1 Å². The van der Waals surface area contributed by atoms with Crippen molar-refractivity contribution >= 4 is 5.97 Å². The molecule has 1 aromatic heterocycles. The van der Waals surface area contributed by atoms with Crippen LogP contribution in [0.1, 0.15) is 11.3 Å². The van der Waals surface area contributed by atoms with Gasteiger partial charge in [0.25, 0.3) is 0 Å². The zero-order valence-corrected chi connectivity index (χ0v) is 13.6. The lowest BCUT2D eigenvalue weighted by Crippen LogP contribution is -2.08. The van der Waals surface area contributed by atoms with Crippen LogP contribution in [0.5, 0.6) is 5.75 Å². The smallest absolute Gasteiger partial charge is 0.310 e. The number of ether oxygens (including phenoxy) is 2. The van der Waals surface area contributed by atoms with Crippen LogP contribution in [-0.4, -0.2) is 18.2 Å². The van der Waals surface area contributed by atoms with Crippen molar-refractivity contribution in [3.63, 3.8) is 0 Å². The molecule has 0 amide bonds. The Morgan fingerprint density at radius 2 is 1.84 bits per heavy atom. The van der Waals surface area contributed by atoms with Gasteiger partial charge in [0, 0.05) is 11.6 Å². The summed E-state index contributed by atoms with van der Waals surface area (Å²) in [4.78, 5) is 11.8. The molecule has 3 aromatic rings. The summed E-state index contributed by atoms with van der Waals surface area (Å²) in [5.74, 6) is 0.567. The average Bonchev–Trinajstić information content (AvgIpc) is 3.11. The normalized spacial score (nSPS) is 10.5. The summed E-state index contributed by atoms with van der Waals surface area (Å²) in [5.41, 5.74) is 2.04. The number of rotatable bonds is 6. The molecule has 0 radical (unpaired) electrons. The molecule has 3 rings (SSSR count). The molecule has 0 N–H and O–H groups in total. The molecular formula is C19H16FNO4.